The molecule has 6 heteroatoms. The van der Waals surface area contributed by atoms with Gasteiger partial charge in [0.1, 0.15) is 0 Å². The minimum atomic E-state index is 0. The van der Waals surface area contributed by atoms with E-state index in [1.54, 1.807) is 60.7 Å². The zero-order chi connectivity index (χ0) is 25.6. The van der Waals surface area contributed by atoms with Gasteiger partial charge in [0.05, 0.1) is 0 Å². The molecule has 0 unspecified atom stereocenters. The summed E-state index contributed by atoms with van der Waals surface area (Å²) in [7, 11) is 0. The molecule has 0 aliphatic carbocycles. The van der Waals surface area contributed by atoms with Gasteiger partial charge in [0.25, 0.3) is 0 Å². The zero-order valence-corrected chi connectivity index (χ0v) is 22.3. The zero-order valence-electron chi connectivity index (χ0n) is 19.4. The maximum absolute atomic E-state index is 10.3. The SMILES string of the molecule is [O-]c1ccccc1.[O-]c1ccccc1.[O-]c1ccccc1.[O-]c1ccccc1.[O-]c1ccccc1.[W]. The summed E-state index contributed by atoms with van der Waals surface area (Å²) in [6.45, 7) is 0. The van der Waals surface area contributed by atoms with Crippen molar-refractivity contribution >= 4 is 0 Å². The van der Waals surface area contributed by atoms with Gasteiger partial charge >= 0.3 is 0 Å². The second kappa shape index (κ2) is 21.3. The monoisotopic (exact) mass is 649 g/mol. The van der Waals surface area contributed by atoms with Gasteiger partial charge < -0.3 is 25.5 Å². The third-order valence-electron chi connectivity index (χ3n) is 3.72. The summed E-state index contributed by atoms with van der Waals surface area (Å²) in [5, 5.41) is 51.3. The fourth-order valence-electron chi connectivity index (χ4n) is 2.10. The molecule has 0 atom stereocenters. The minimum Gasteiger partial charge on any atom is -0.872 e. The van der Waals surface area contributed by atoms with Crippen molar-refractivity contribution in [1.29, 1.82) is 0 Å². The van der Waals surface area contributed by atoms with Crippen molar-refractivity contribution in [3.05, 3.63) is 152 Å². The smallest absolute Gasteiger partial charge is 0 e. The van der Waals surface area contributed by atoms with Crippen molar-refractivity contribution in [2.75, 3.05) is 0 Å². The van der Waals surface area contributed by atoms with Crippen LogP contribution in [0.2, 0.25) is 0 Å². The average molecular weight is 649 g/mol. The summed E-state index contributed by atoms with van der Waals surface area (Å²) >= 11 is 0. The van der Waals surface area contributed by atoms with E-state index in [9.17, 15) is 25.5 Å². The molecule has 5 aromatic rings. The van der Waals surface area contributed by atoms with E-state index in [2.05, 4.69) is 0 Å². The maximum Gasteiger partial charge on any atom is 0 e. The Kier molecular flexibility index (Phi) is 18.8. The largest absolute Gasteiger partial charge is 0.872 e. The Hall–Kier alpha value is -4.21. The van der Waals surface area contributed by atoms with Crippen molar-refractivity contribution in [2.45, 2.75) is 0 Å². The van der Waals surface area contributed by atoms with E-state index >= 15 is 0 Å². The van der Waals surface area contributed by atoms with Crippen LogP contribution < -0.4 is 25.5 Å². The first-order valence-electron chi connectivity index (χ1n) is 10.6. The molecule has 0 saturated carbocycles. The van der Waals surface area contributed by atoms with Crippen LogP contribution >= 0.6 is 0 Å². The number of hydrogen-bond donors (Lipinski definition) is 0. The van der Waals surface area contributed by atoms with Gasteiger partial charge in [0.2, 0.25) is 0 Å². The topological polar surface area (TPSA) is 115 Å². The Bertz CT molecular complexity index is 895. The second-order valence-corrected chi connectivity index (χ2v) is 6.57. The van der Waals surface area contributed by atoms with Crippen molar-refractivity contribution in [3.8, 4) is 28.7 Å². The summed E-state index contributed by atoms with van der Waals surface area (Å²) < 4.78 is 0. The summed E-state index contributed by atoms with van der Waals surface area (Å²) in [6, 6.07) is 41.6. The Morgan fingerprint density at radius 2 is 0.333 bits per heavy atom. The molecule has 5 nitrogen and oxygen atoms in total. The van der Waals surface area contributed by atoms with E-state index in [0.29, 0.717) is 0 Å². The first-order chi connectivity index (χ1) is 17.0. The van der Waals surface area contributed by atoms with Gasteiger partial charge in [-0.2, -0.15) is 0 Å². The summed E-state index contributed by atoms with van der Waals surface area (Å²) in [6.07, 6.45) is 0. The van der Waals surface area contributed by atoms with Gasteiger partial charge in [0.15, 0.2) is 0 Å². The fraction of sp³-hybridized carbons (Fsp3) is 0. The number of hydrogen-bond acceptors (Lipinski definition) is 5. The van der Waals surface area contributed by atoms with Crippen LogP contribution in [0.1, 0.15) is 0 Å². The quantitative estimate of drug-likeness (QED) is 0.253. The van der Waals surface area contributed by atoms with Gasteiger partial charge in [-0.15, -0.1) is 28.7 Å². The molecule has 0 bridgehead atoms. The van der Waals surface area contributed by atoms with E-state index in [0.717, 1.165) is 0 Å². The predicted octanol–water partition coefficient (Wildman–Crippen LogP) is 3.80. The van der Waals surface area contributed by atoms with Crippen LogP contribution in [0.15, 0.2) is 152 Å². The molecule has 0 aliphatic heterocycles. The predicted molar refractivity (Wildman–Crippen MR) is 129 cm³/mol. The fourth-order valence-corrected chi connectivity index (χ4v) is 2.10. The van der Waals surface area contributed by atoms with Crippen LogP contribution in [0.4, 0.5) is 0 Å². The molecule has 0 radical (unpaired) electrons. The number of para-hydroxylation sites is 5. The molecule has 0 amide bonds. The summed E-state index contributed by atoms with van der Waals surface area (Å²) in [4.78, 5) is 0. The molecular formula is C30H25O5W-5. The van der Waals surface area contributed by atoms with Crippen LogP contribution in [0, 0.1) is 0 Å². The molecule has 5 aromatic carbocycles. The molecule has 0 spiro atoms. The molecule has 0 heterocycles. The second-order valence-electron chi connectivity index (χ2n) is 6.57. The van der Waals surface area contributed by atoms with Crippen LogP contribution in [0.25, 0.3) is 0 Å². The van der Waals surface area contributed by atoms with E-state index in [4.69, 9.17) is 0 Å². The number of benzene rings is 5. The van der Waals surface area contributed by atoms with Crippen molar-refractivity contribution < 1.29 is 46.6 Å². The van der Waals surface area contributed by atoms with Crippen molar-refractivity contribution in [2.24, 2.45) is 0 Å². The minimum absolute atomic E-state index is 0. The van der Waals surface area contributed by atoms with Gasteiger partial charge in [-0.05, 0) is 0 Å². The Morgan fingerprint density at radius 1 is 0.222 bits per heavy atom. The molecular weight excluding hydrogens is 624 g/mol. The molecule has 5 rings (SSSR count). The van der Waals surface area contributed by atoms with E-state index in [1.807, 2.05) is 30.3 Å². The van der Waals surface area contributed by atoms with Crippen LogP contribution in [0.5, 0.6) is 28.7 Å². The van der Waals surface area contributed by atoms with Gasteiger partial charge in [-0.3, -0.25) is 0 Å². The van der Waals surface area contributed by atoms with E-state index in [-0.39, 0.29) is 49.8 Å². The Balaban J connectivity index is 0.000000422. The first-order valence-corrected chi connectivity index (χ1v) is 10.6. The normalized spacial score (nSPS) is 8.33. The number of rotatable bonds is 0. The molecule has 0 aliphatic rings. The molecule has 36 heavy (non-hydrogen) atoms. The van der Waals surface area contributed by atoms with Crippen molar-refractivity contribution in [3.63, 3.8) is 0 Å². The molecule has 0 fully saturated rings. The van der Waals surface area contributed by atoms with Crippen LogP contribution in [-0.4, -0.2) is 0 Å². The van der Waals surface area contributed by atoms with Crippen LogP contribution in [-0.2, 0) is 21.1 Å². The van der Waals surface area contributed by atoms with E-state index in [1.165, 1.54) is 60.7 Å². The third kappa shape index (κ3) is 19.3. The molecule has 0 saturated heterocycles. The first kappa shape index (κ1) is 31.8. The van der Waals surface area contributed by atoms with Crippen LogP contribution in [0.3, 0.4) is 0 Å². The maximum atomic E-state index is 10.3. The van der Waals surface area contributed by atoms with Gasteiger partial charge in [-0.1, -0.05) is 152 Å². The molecule has 186 valence electrons. The standard InChI is InChI=1S/5C6H6O.W/c5*7-6-4-2-1-3-5-6;/h5*1-5,7H;/p-5. The summed E-state index contributed by atoms with van der Waals surface area (Å²) in [5.41, 5.74) is 0. The average Bonchev–Trinajstić information content (AvgIpc) is 2.88. The van der Waals surface area contributed by atoms with E-state index < -0.39 is 0 Å². The molecule has 0 N–H and O–H groups in total. The van der Waals surface area contributed by atoms with Gasteiger partial charge in [0, 0.05) is 21.1 Å². The Labute approximate surface area is 226 Å². The van der Waals surface area contributed by atoms with Crippen molar-refractivity contribution in [1.82, 2.24) is 0 Å². The van der Waals surface area contributed by atoms with Gasteiger partial charge in [-0.25, -0.2) is 0 Å². The third-order valence-corrected chi connectivity index (χ3v) is 3.72. The summed E-state index contributed by atoms with van der Waals surface area (Å²) in [5.74, 6) is 0.359. The Morgan fingerprint density at radius 3 is 0.389 bits per heavy atom. The molecule has 0 aromatic heterocycles.